The highest BCUT2D eigenvalue weighted by molar-refractivity contribution is 8.00. The summed E-state index contributed by atoms with van der Waals surface area (Å²) in [7, 11) is 0. The lowest BCUT2D eigenvalue weighted by Gasteiger charge is -2.44. The molecule has 4 nitrogen and oxygen atoms in total. The molecule has 0 bridgehead atoms. The van der Waals surface area contributed by atoms with Crippen molar-refractivity contribution in [1.29, 1.82) is 5.26 Å². The predicted molar refractivity (Wildman–Crippen MR) is 72.6 cm³/mol. The molecule has 2 fully saturated rings. The molecule has 94 valence electrons. The lowest BCUT2D eigenvalue weighted by Crippen LogP contribution is -2.49. The Labute approximate surface area is 111 Å². The molecule has 1 aromatic rings. The molecule has 2 aliphatic rings. The molecule has 18 heavy (non-hydrogen) atoms. The minimum atomic E-state index is 0.394. The standard InChI is InChI=1S/C13H16N4S/c14-9-10-5-6-13(16-15-10)17-7-8-18-12-4-2-1-3-11(12)17/h5-6,11-12H,1-4,7-8H2. The van der Waals surface area contributed by atoms with Gasteiger partial charge < -0.3 is 4.90 Å². The second-order valence-corrected chi connectivity index (χ2v) is 6.19. The third-order valence-electron chi connectivity index (χ3n) is 3.79. The summed E-state index contributed by atoms with van der Waals surface area (Å²) < 4.78 is 0. The van der Waals surface area contributed by atoms with Gasteiger partial charge >= 0.3 is 0 Å². The average Bonchev–Trinajstić information content (AvgIpc) is 2.47. The van der Waals surface area contributed by atoms with Crippen molar-refractivity contribution in [2.24, 2.45) is 0 Å². The van der Waals surface area contributed by atoms with Crippen LogP contribution in [0.2, 0.25) is 0 Å². The van der Waals surface area contributed by atoms with Crippen molar-refractivity contribution in [2.45, 2.75) is 37.0 Å². The summed E-state index contributed by atoms with van der Waals surface area (Å²) in [6.45, 7) is 1.05. The molecule has 2 unspecified atom stereocenters. The Morgan fingerprint density at radius 3 is 2.94 bits per heavy atom. The molecule has 0 amide bonds. The summed E-state index contributed by atoms with van der Waals surface area (Å²) in [6, 6.07) is 6.33. The van der Waals surface area contributed by atoms with Crippen molar-refractivity contribution >= 4 is 17.6 Å². The van der Waals surface area contributed by atoms with E-state index in [0.717, 1.165) is 17.6 Å². The minimum Gasteiger partial charge on any atom is -0.350 e. The quantitative estimate of drug-likeness (QED) is 0.775. The summed E-state index contributed by atoms with van der Waals surface area (Å²) >= 11 is 2.11. The summed E-state index contributed by atoms with van der Waals surface area (Å²) in [4.78, 5) is 2.40. The Hall–Kier alpha value is -1.28. The van der Waals surface area contributed by atoms with E-state index in [9.17, 15) is 0 Å². The van der Waals surface area contributed by atoms with Gasteiger partial charge in [0.05, 0.1) is 0 Å². The average molecular weight is 260 g/mol. The van der Waals surface area contributed by atoms with Gasteiger partial charge in [-0.2, -0.15) is 17.0 Å². The Kier molecular flexibility index (Phi) is 3.37. The number of hydrogen-bond acceptors (Lipinski definition) is 5. The van der Waals surface area contributed by atoms with Crippen LogP contribution in [0.25, 0.3) is 0 Å². The zero-order chi connectivity index (χ0) is 12.4. The van der Waals surface area contributed by atoms with E-state index < -0.39 is 0 Å². The van der Waals surface area contributed by atoms with Crippen molar-refractivity contribution in [2.75, 3.05) is 17.2 Å². The molecule has 5 heteroatoms. The Bertz CT molecular complexity index is 451. The first-order chi connectivity index (χ1) is 8.88. The highest BCUT2D eigenvalue weighted by Gasteiger charge is 2.34. The van der Waals surface area contributed by atoms with Crippen molar-refractivity contribution in [3.63, 3.8) is 0 Å². The van der Waals surface area contributed by atoms with Crippen LogP contribution in [0.3, 0.4) is 0 Å². The van der Waals surface area contributed by atoms with Crippen molar-refractivity contribution in [3.8, 4) is 6.07 Å². The number of nitriles is 1. The van der Waals surface area contributed by atoms with Gasteiger partial charge in [-0.15, -0.1) is 10.2 Å². The van der Waals surface area contributed by atoms with E-state index in [2.05, 4.69) is 26.9 Å². The van der Waals surface area contributed by atoms with Crippen LogP contribution in [0.5, 0.6) is 0 Å². The minimum absolute atomic E-state index is 0.394. The molecular weight excluding hydrogens is 244 g/mol. The first kappa shape index (κ1) is 11.8. The topological polar surface area (TPSA) is 52.8 Å². The summed E-state index contributed by atoms with van der Waals surface area (Å²) in [5, 5.41) is 17.7. The molecule has 0 N–H and O–H groups in total. The van der Waals surface area contributed by atoms with Crippen LogP contribution in [0.15, 0.2) is 12.1 Å². The first-order valence-electron chi connectivity index (χ1n) is 6.50. The monoisotopic (exact) mass is 260 g/mol. The number of aromatic nitrogens is 2. The number of hydrogen-bond donors (Lipinski definition) is 0. The van der Waals surface area contributed by atoms with Crippen molar-refractivity contribution < 1.29 is 0 Å². The zero-order valence-electron chi connectivity index (χ0n) is 10.2. The number of anilines is 1. The molecule has 1 aliphatic heterocycles. The maximum Gasteiger partial charge on any atom is 0.163 e. The Morgan fingerprint density at radius 2 is 2.17 bits per heavy atom. The smallest absolute Gasteiger partial charge is 0.163 e. The normalized spacial score (nSPS) is 27.4. The van der Waals surface area contributed by atoms with Crippen LogP contribution >= 0.6 is 11.8 Å². The Morgan fingerprint density at radius 1 is 1.28 bits per heavy atom. The molecule has 0 radical (unpaired) electrons. The molecule has 1 saturated heterocycles. The Balaban J connectivity index is 1.82. The van der Waals surface area contributed by atoms with E-state index in [0.29, 0.717) is 11.7 Å². The van der Waals surface area contributed by atoms with Crippen LogP contribution in [-0.2, 0) is 0 Å². The van der Waals surface area contributed by atoms with Gasteiger partial charge in [-0.3, -0.25) is 0 Å². The second kappa shape index (κ2) is 5.15. The van der Waals surface area contributed by atoms with Crippen LogP contribution in [0.4, 0.5) is 5.82 Å². The lowest BCUT2D eigenvalue weighted by molar-refractivity contribution is 0.419. The molecule has 2 atom stereocenters. The van der Waals surface area contributed by atoms with Gasteiger partial charge in [0.2, 0.25) is 0 Å². The van der Waals surface area contributed by atoms with Gasteiger partial charge in [0.15, 0.2) is 11.5 Å². The van der Waals surface area contributed by atoms with Gasteiger partial charge in [-0.1, -0.05) is 12.8 Å². The molecule has 1 aliphatic carbocycles. The van der Waals surface area contributed by atoms with Crippen LogP contribution in [0.1, 0.15) is 31.4 Å². The third kappa shape index (κ3) is 2.17. The lowest BCUT2D eigenvalue weighted by atomic mass is 9.93. The maximum absolute atomic E-state index is 8.76. The summed E-state index contributed by atoms with van der Waals surface area (Å²) in [5.41, 5.74) is 0.394. The van der Waals surface area contributed by atoms with Crippen LogP contribution in [0, 0.1) is 11.3 Å². The molecule has 1 aromatic heterocycles. The van der Waals surface area contributed by atoms with E-state index in [1.807, 2.05) is 12.1 Å². The number of nitrogens with zero attached hydrogens (tertiary/aromatic N) is 4. The van der Waals surface area contributed by atoms with Crippen LogP contribution < -0.4 is 4.90 Å². The highest BCUT2D eigenvalue weighted by Crippen LogP contribution is 2.37. The van der Waals surface area contributed by atoms with E-state index >= 15 is 0 Å². The fourth-order valence-electron chi connectivity index (χ4n) is 2.92. The zero-order valence-corrected chi connectivity index (χ0v) is 11.1. The van der Waals surface area contributed by atoms with Gasteiger partial charge in [-0.25, -0.2) is 0 Å². The highest BCUT2D eigenvalue weighted by atomic mass is 32.2. The molecule has 3 rings (SSSR count). The number of thioether (sulfide) groups is 1. The van der Waals surface area contributed by atoms with E-state index in [4.69, 9.17) is 5.26 Å². The molecule has 2 heterocycles. The van der Waals surface area contributed by atoms with Gasteiger partial charge in [0, 0.05) is 23.6 Å². The fourth-order valence-corrected chi connectivity index (χ4v) is 4.36. The van der Waals surface area contributed by atoms with Crippen LogP contribution in [-0.4, -0.2) is 33.8 Å². The first-order valence-corrected chi connectivity index (χ1v) is 7.55. The van der Waals surface area contributed by atoms with Gasteiger partial charge in [-0.05, 0) is 25.0 Å². The SMILES string of the molecule is N#Cc1ccc(N2CCSC3CCCCC32)nn1. The van der Waals surface area contributed by atoms with Crippen molar-refractivity contribution in [1.82, 2.24) is 10.2 Å². The van der Waals surface area contributed by atoms with E-state index in [1.54, 1.807) is 6.07 Å². The predicted octanol–water partition coefficient (Wildman–Crippen LogP) is 2.21. The molecule has 1 saturated carbocycles. The summed E-state index contributed by atoms with van der Waals surface area (Å²) in [6.07, 6.45) is 5.28. The molecule has 0 spiro atoms. The second-order valence-electron chi connectivity index (χ2n) is 4.84. The molecular formula is C13H16N4S. The largest absolute Gasteiger partial charge is 0.350 e. The van der Waals surface area contributed by atoms with E-state index in [-0.39, 0.29) is 0 Å². The van der Waals surface area contributed by atoms with Gasteiger partial charge in [0.25, 0.3) is 0 Å². The maximum atomic E-state index is 8.76. The number of rotatable bonds is 1. The van der Waals surface area contributed by atoms with Crippen molar-refractivity contribution in [3.05, 3.63) is 17.8 Å². The fraction of sp³-hybridized carbons (Fsp3) is 0.615. The van der Waals surface area contributed by atoms with E-state index in [1.165, 1.54) is 31.4 Å². The third-order valence-corrected chi connectivity index (χ3v) is 5.19. The summed E-state index contributed by atoms with van der Waals surface area (Å²) in [5.74, 6) is 2.11. The number of fused-ring (bicyclic) bond motifs is 1. The molecule has 0 aromatic carbocycles. The van der Waals surface area contributed by atoms with Gasteiger partial charge in [0.1, 0.15) is 6.07 Å².